The third-order valence-electron chi connectivity index (χ3n) is 7.56. The number of amides is 2. The van der Waals surface area contributed by atoms with Crippen LogP contribution in [0.25, 0.3) is 0 Å². The Morgan fingerprint density at radius 3 is 2.56 bits per heavy atom. The van der Waals surface area contributed by atoms with Crippen LogP contribution in [0.4, 0.5) is 24.7 Å². The Morgan fingerprint density at radius 2 is 1.91 bits per heavy atom. The first-order valence-corrected chi connectivity index (χ1v) is 13.6. The van der Waals surface area contributed by atoms with Crippen LogP contribution in [0.1, 0.15) is 47.5 Å². The Balaban J connectivity index is 1.67. The Morgan fingerprint density at radius 1 is 1.19 bits per heavy atom. The van der Waals surface area contributed by atoms with E-state index in [9.17, 15) is 37.9 Å². The lowest BCUT2D eigenvalue weighted by Gasteiger charge is -2.40. The predicted octanol–water partition coefficient (Wildman–Crippen LogP) is 3.76. The number of benzene rings is 1. The fourth-order valence-electron chi connectivity index (χ4n) is 5.66. The highest BCUT2D eigenvalue weighted by Gasteiger charge is 2.49. The number of alkyl halides is 2. The highest BCUT2D eigenvalue weighted by molar-refractivity contribution is 6.31. The zero-order chi connectivity index (χ0) is 31.1. The van der Waals surface area contributed by atoms with Crippen LogP contribution in [0.3, 0.4) is 0 Å². The van der Waals surface area contributed by atoms with E-state index in [4.69, 9.17) is 17.0 Å². The molecule has 1 saturated heterocycles. The number of anilines is 2. The van der Waals surface area contributed by atoms with Gasteiger partial charge in [-0.3, -0.25) is 24.9 Å². The van der Waals surface area contributed by atoms with Gasteiger partial charge >= 0.3 is 5.97 Å². The number of carbonyl (C=O) groups is 3. The summed E-state index contributed by atoms with van der Waals surface area (Å²) in [7, 11) is 0. The summed E-state index contributed by atoms with van der Waals surface area (Å²) in [6.07, 6.45) is 1.96. The van der Waals surface area contributed by atoms with Crippen LogP contribution < -0.4 is 20.9 Å². The molecular weight excluding hydrogens is 593 g/mol. The summed E-state index contributed by atoms with van der Waals surface area (Å²) >= 11 is 6.54. The van der Waals surface area contributed by atoms with Gasteiger partial charge in [-0.25, -0.2) is 18.0 Å². The summed E-state index contributed by atoms with van der Waals surface area (Å²) < 4.78 is 41.9. The molecule has 1 saturated carbocycles. The van der Waals surface area contributed by atoms with Crippen molar-refractivity contribution in [3.63, 3.8) is 0 Å². The molecule has 2 aliphatic rings. The number of hydrogen-bond donors (Lipinski definition) is 5. The molecule has 2 fully saturated rings. The Bertz CT molecular complexity index is 1650. The second-order valence-electron chi connectivity index (χ2n) is 10.5. The number of aromatic carboxylic acids is 1. The highest BCUT2D eigenvalue weighted by atomic mass is 35.5. The number of pyridine rings is 2. The first-order chi connectivity index (χ1) is 20.4. The van der Waals surface area contributed by atoms with E-state index >= 15 is 0 Å². The quantitative estimate of drug-likeness (QED) is 0.228. The number of nitrogens with one attached hydrogen (secondary N) is 3. The van der Waals surface area contributed by atoms with Crippen LogP contribution in [-0.2, 0) is 9.59 Å². The van der Waals surface area contributed by atoms with Gasteiger partial charge in [0.25, 0.3) is 5.92 Å². The second-order valence-corrected chi connectivity index (χ2v) is 10.9. The molecule has 1 aliphatic heterocycles. The molecule has 2 amide bonds. The molecular formula is C28H26ClF3N6O5. The maximum atomic E-state index is 14.2. The normalized spacial score (nSPS) is 19.4. The number of carboxylic acid groups (broad SMARTS) is 1. The zero-order valence-electron chi connectivity index (χ0n) is 22.3. The largest absolute Gasteiger partial charge is 0.477 e. The molecule has 5 rings (SSSR count). The summed E-state index contributed by atoms with van der Waals surface area (Å²) in [6, 6.07) is 5.26. The van der Waals surface area contributed by atoms with Crippen LogP contribution in [0.2, 0.25) is 5.02 Å². The van der Waals surface area contributed by atoms with Crippen molar-refractivity contribution >= 4 is 40.9 Å². The van der Waals surface area contributed by atoms with E-state index in [2.05, 4.69) is 15.6 Å². The molecule has 226 valence electrons. The predicted molar refractivity (Wildman–Crippen MR) is 147 cm³/mol. The molecule has 3 atom stereocenters. The first kappa shape index (κ1) is 29.9. The fourth-order valence-corrected chi connectivity index (χ4v) is 5.91. The second kappa shape index (κ2) is 11.6. The molecule has 0 radical (unpaired) electrons. The van der Waals surface area contributed by atoms with Crippen molar-refractivity contribution in [1.82, 2.24) is 15.0 Å². The van der Waals surface area contributed by atoms with Crippen LogP contribution in [-0.4, -0.2) is 61.9 Å². The van der Waals surface area contributed by atoms with E-state index in [0.29, 0.717) is 4.73 Å². The number of carboxylic acids is 1. The molecule has 0 spiro atoms. The lowest BCUT2D eigenvalue weighted by molar-refractivity contribution is -0.131. The minimum absolute atomic E-state index is 0.0241. The van der Waals surface area contributed by atoms with Gasteiger partial charge in [0.05, 0.1) is 41.4 Å². The zero-order valence-corrected chi connectivity index (χ0v) is 23.1. The summed E-state index contributed by atoms with van der Waals surface area (Å²) in [6.45, 7) is 0. The third kappa shape index (κ3) is 6.00. The minimum atomic E-state index is -2.93. The third-order valence-corrected chi connectivity index (χ3v) is 7.90. The lowest BCUT2D eigenvalue weighted by atomic mass is 9.82. The molecule has 3 aromatic rings. The van der Waals surface area contributed by atoms with Gasteiger partial charge in [-0.1, -0.05) is 29.8 Å². The smallest absolute Gasteiger partial charge is 0.341 e. The maximum absolute atomic E-state index is 14.2. The van der Waals surface area contributed by atoms with Gasteiger partial charge in [-0.05, 0) is 24.1 Å². The molecule has 0 bridgehead atoms. The maximum Gasteiger partial charge on any atom is 0.341 e. The Labute approximate surface area is 247 Å². The average molecular weight is 619 g/mol. The standard InChI is InChI=1S/C28H26ClF3N6O5/c29-18-4-2-1-3-17(18)22(25(40)36-16-10-28(31,32)11-16)24(35-15-9-14(30)12-34-13-15)20-5-6-21(39)38(20)26-23(27(41)42)19(33)7-8-37(26)43/h1-4,7-9,12-13,16,20,22,24,33,35,43H,5-6,10-11H2,(H,36,40)(H,41,42)/t20-,22?,24?/m0/s1. The highest BCUT2D eigenvalue weighted by Crippen LogP contribution is 2.40. The molecule has 15 heteroatoms. The van der Waals surface area contributed by atoms with E-state index < -0.39 is 83.1 Å². The average Bonchev–Trinajstić information content (AvgIpc) is 3.29. The van der Waals surface area contributed by atoms with Gasteiger partial charge in [-0.15, -0.1) is 0 Å². The van der Waals surface area contributed by atoms with Gasteiger partial charge < -0.3 is 20.9 Å². The van der Waals surface area contributed by atoms with Crippen molar-refractivity contribution in [2.45, 2.75) is 55.6 Å². The van der Waals surface area contributed by atoms with Crippen molar-refractivity contribution in [1.29, 1.82) is 5.41 Å². The van der Waals surface area contributed by atoms with Crippen LogP contribution in [0, 0.1) is 11.2 Å². The van der Waals surface area contributed by atoms with Crippen molar-refractivity contribution in [3.8, 4) is 0 Å². The number of halogens is 4. The first-order valence-electron chi connectivity index (χ1n) is 13.2. The number of nitrogens with zero attached hydrogens (tertiary/aromatic N) is 3. The number of hydrogen-bond acceptors (Lipinski definition) is 7. The van der Waals surface area contributed by atoms with E-state index in [1.54, 1.807) is 18.2 Å². The molecule has 11 nitrogen and oxygen atoms in total. The van der Waals surface area contributed by atoms with E-state index in [1.165, 1.54) is 12.3 Å². The summed E-state index contributed by atoms with van der Waals surface area (Å²) in [5.41, 5.74) is -0.334. The molecule has 43 heavy (non-hydrogen) atoms. The van der Waals surface area contributed by atoms with Crippen LogP contribution in [0.5, 0.6) is 0 Å². The van der Waals surface area contributed by atoms with E-state index in [0.717, 1.165) is 29.4 Å². The monoisotopic (exact) mass is 618 g/mol. The molecule has 2 unspecified atom stereocenters. The van der Waals surface area contributed by atoms with Crippen molar-refractivity contribution < 1.29 is 37.9 Å². The summed E-state index contributed by atoms with van der Waals surface area (Å²) in [4.78, 5) is 44.3. The lowest BCUT2D eigenvalue weighted by Crippen LogP contribution is -2.56. The van der Waals surface area contributed by atoms with Crippen molar-refractivity contribution in [2.24, 2.45) is 0 Å². The van der Waals surface area contributed by atoms with Crippen molar-refractivity contribution in [2.75, 3.05) is 10.2 Å². The molecule has 1 aromatic carbocycles. The van der Waals surface area contributed by atoms with Crippen LogP contribution in [0.15, 0.2) is 55.0 Å². The molecule has 5 N–H and O–H groups in total. The van der Waals surface area contributed by atoms with E-state index in [1.807, 2.05) is 0 Å². The van der Waals surface area contributed by atoms with Crippen molar-refractivity contribution in [3.05, 3.63) is 82.3 Å². The Hall–Kier alpha value is -4.59. The number of aromatic nitrogens is 2. The Kier molecular flexibility index (Phi) is 8.06. The van der Waals surface area contributed by atoms with E-state index in [-0.39, 0.29) is 29.1 Å². The molecule has 3 heterocycles. The summed E-state index contributed by atoms with van der Waals surface area (Å²) in [5, 5.41) is 34.1. The summed E-state index contributed by atoms with van der Waals surface area (Å²) in [5.74, 6) is -8.41. The van der Waals surface area contributed by atoms with Gasteiger partial charge in [-0.2, -0.15) is 4.73 Å². The number of rotatable bonds is 9. The van der Waals surface area contributed by atoms with Gasteiger partial charge in [0, 0.05) is 42.6 Å². The fraction of sp³-hybridized carbons (Fsp3) is 0.321. The van der Waals surface area contributed by atoms with Gasteiger partial charge in [0.1, 0.15) is 11.4 Å². The minimum Gasteiger partial charge on any atom is -0.477 e. The molecule has 1 aliphatic carbocycles. The SMILES string of the molecule is N=c1ccn(O)c(N2C(=O)CC[C@H]2C(Nc2cncc(F)c2)C(C(=O)NC2CC(F)(F)C2)c2ccccc2Cl)c1C(=O)O. The topological polar surface area (TPSA) is 161 Å². The van der Waals surface area contributed by atoms with Gasteiger partial charge in [0.2, 0.25) is 11.8 Å². The van der Waals surface area contributed by atoms with Crippen LogP contribution >= 0.6 is 11.6 Å². The number of carbonyl (C=O) groups excluding carboxylic acids is 2. The van der Waals surface area contributed by atoms with Gasteiger partial charge in [0.15, 0.2) is 5.82 Å². The molecule has 2 aromatic heterocycles.